The van der Waals surface area contributed by atoms with Crippen LogP contribution in [-0.2, 0) is 14.6 Å². The molecule has 264 valence electrons. The molecule has 8 heteroatoms. The second kappa shape index (κ2) is 16.4. The first-order valence-corrected chi connectivity index (χ1v) is 20.4. The van der Waals surface area contributed by atoms with Crippen molar-refractivity contribution in [1.29, 1.82) is 0 Å². The minimum atomic E-state index is -4.45. The molecular weight excluding hydrogens is 584 g/mol. The molecule has 0 heterocycles. The van der Waals surface area contributed by atoms with Gasteiger partial charge in [0, 0.05) is 6.04 Å². The molecule has 4 fully saturated rings. The molecule has 0 bridgehead atoms. The number of hydrogen-bond donors (Lipinski definition) is 4. The van der Waals surface area contributed by atoms with Gasteiger partial charge >= 0.3 is 10.4 Å². The van der Waals surface area contributed by atoms with E-state index in [0.29, 0.717) is 53.4 Å². The molecular formula is C37H70N2O5S. The topological polar surface area (TPSA) is 108 Å². The van der Waals surface area contributed by atoms with Gasteiger partial charge in [-0.1, -0.05) is 67.2 Å². The normalized spacial score (nSPS) is 38.0. The fourth-order valence-electron chi connectivity index (χ4n) is 11.2. The molecule has 0 radical (unpaired) electrons. The van der Waals surface area contributed by atoms with Crippen molar-refractivity contribution in [3.05, 3.63) is 0 Å². The third kappa shape index (κ3) is 9.26. The molecule has 0 amide bonds. The van der Waals surface area contributed by atoms with E-state index in [1.807, 2.05) is 13.8 Å². The molecule has 45 heavy (non-hydrogen) atoms. The second-order valence-electron chi connectivity index (χ2n) is 16.8. The summed E-state index contributed by atoms with van der Waals surface area (Å²) in [5, 5.41) is 19.3. The lowest BCUT2D eigenvalue weighted by atomic mass is 9.43. The number of fused-ring (bicyclic) bond motifs is 5. The first kappa shape index (κ1) is 37.6. The molecule has 0 saturated heterocycles. The van der Waals surface area contributed by atoms with Crippen molar-refractivity contribution in [2.45, 2.75) is 163 Å². The predicted octanol–water partition coefficient (Wildman–Crippen LogP) is 7.78. The van der Waals surface area contributed by atoms with E-state index in [4.69, 9.17) is 4.18 Å². The molecule has 11 atom stereocenters. The van der Waals surface area contributed by atoms with Crippen molar-refractivity contribution in [1.82, 2.24) is 10.6 Å². The average Bonchev–Trinajstić information content (AvgIpc) is 3.33. The molecule has 0 aromatic carbocycles. The van der Waals surface area contributed by atoms with E-state index in [0.717, 1.165) is 32.5 Å². The number of nitrogens with one attached hydrogen (secondary N) is 2. The zero-order valence-electron chi connectivity index (χ0n) is 29.7. The highest BCUT2D eigenvalue weighted by molar-refractivity contribution is 7.80. The zero-order valence-corrected chi connectivity index (χ0v) is 30.6. The lowest BCUT2D eigenvalue weighted by molar-refractivity contribution is -0.167. The summed E-state index contributed by atoms with van der Waals surface area (Å²) in [5.74, 6) is 3.26. The average molecular weight is 655 g/mol. The van der Waals surface area contributed by atoms with Gasteiger partial charge in [0.15, 0.2) is 0 Å². The van der Waals surface area contributed by atoms with Gasteiger partial charge in [-0.3, -0.25) is 4.55 Å². The van der Waals surface area contributed by atoms with Gasteiger partial charge in [-0.05, 0) is 149 Å². The van der Waals surface area contributed by atoms with E-state index in [1.165, 1.54) is 83.5 Å². The van der Waals surface area contributed by atoms with Crippen molar-refractivity contribution in [3.63, 3.8) is 0 Å². The van der Waals surface area contributed by atoms with E-state index in [-0.39, 0.29) is 17.4 Å². The van der Waals surface area contributed by atoms with Crippen LogP contribution in [0.3, 0.4) is 0 Å². The Bertz CT molecular complexity index is 1010. The highest BCUT2D eigenvalue weighted by atomic mass is 32.3. The van der Waals surface area contributed by atoms with Crippen LogP contribution in [0.5, 0.6) is 0 Å². The van der Waals surface area contributed by atoms with Crippen molar-refractivity contribution in [2.24, 2.45) is 52.3 Å². The van der Waals surface area contributed by atoms with E-state index in [1.54, 1.807) is 0 Å². The van der Waals surface area contributed by atoms with Gasteiger partial charge in [0.05, 0.1) is 12.2 Å². The molecule has 3 unspecified atom stereocenters. The van der Waals surface area contributed by atoms with Crippen molar-refractivity contribution < 1.29 is 22.3 Å². The molecule has 4 aliphatic carbocycles. The van der Waals surface area contributed by atoms with Gasteiger partial charge in [0.2, 0.25) is 0 Å². The maximum atomic E-state index is 11.8. The van der Waals surface area contributed by atoms with Gasteiger partial charge in [-0.15, -0.1) is 0 Å². The Hall–Kier alpha value is -0.250. The van der Waals surface area contributed by atoms with E-state index in [2.05, 4.69) is 38.3 Å². The Kier molecular flexibility index (Phi) is 13.7. The molecule has 4 aliphatic rings. The number of aliphatic hydroxyl groups is 1. The van der Waals surface area contributed by atoms with Crippen LogP contribution in [0.1, 0.15) is 144 Å². The van der Waals surface area contributed by atoms with Crippen LogP contribution < -0.4 is 10.6 Å². The molecule has 0 aromatic heterocycles. The number of aliphatic hydroxyl groups excluding tert-OH is 1. The Labute approximate surface area is 277 Å². The minimum Gasteiger partial charge on any atom is -0.393 e. The maximum Gasteiger partial charge on any atom is 0.397 e. The molecule has 0 aliphatic heterocycles. The minimum absolute atomic E-state index is 0.0183. The number of rotatable bonds is 18. The summed E-state index contributed by atoms with van der Waals surface area (Å²) in [6, 6.07) is 0.589. The van der Waals surface area contributed by atoms with E-state index in [9.17, 15) is 18.1 Å². The third-order valence-electron chi connectivity index (χ3n) is 13.8. The van der Waals surface area contributed by atoms with Gasteiger partial charge in [0.25, 0.3) is 0 Å². The largest absolute Gasteiger partial charge is 0.397 e. The molecule has 4 rings (SSSR count). The van der Waals surface area contributed by atoms with Gasteiger partial charge in [-0.25, -0.2) is 4.18 Å². The SMILES string of the molecule is CCCCCCCNCCCN[C@H]1CC[C@]2(C)C3CC[C@@]4(C)C(CC[C@@H]4[C@H](C)CC[C@@H](OS(=O)(=O)O)C(C)C)C3[C@H](O)C[C@H]2C1. The molecule has 4 N–H and O–H groups in total. The summed E-state index contributed by atoms with van der Waals surface area (Å²) in [6.45, 7) is 17.0. The van der Waals surface area contributed by atoms with Gasteiger partial charge in [-0.2, -0.15) is 8.42 Å². The lowest BCUT2D eigenvalue weighted by Crippen LogP contribution is -2.59. The van der Waals surface area contributed by atoms with Crippen molar-refractivity contribution >= 4 is 10.4 Å². The number of unbranched alkanes of at least 4 members (excludes halogenated alkanes) is 4. The quantitative estimate of drug-likeness (QED) is 0.0883. The second-order valence-corrected chi connectivity index (χ2v) is 17.9. The van der Waals surface area contributed by atoms with E-state index >= 15 is 0 Å². The Morgan fingerprint density at radius 3 is 2.24 bits per heavy atom. The summed E-state index contributed by atoms with van der Waals surface area (Å²) in [6.07, 6.45) is 18.3. The highest BCUT2D eigenvalue weighted by Gasteiger charge is 2.62. The Balaban J connectivity index is 1.27. The fourth-order valence-corrected chi connectivity index (χ4v) is 11.8. The zero-order chi connectivity index (χ0) is 32.8. The maximum absolute atomic E-state index is 11.8. The van der Waals surface area contributed by atoms with Gasteiger partial charge < -0.3 is 15.7 Å². The van der Waals surface area contributed by atoms with Crippen LogP contribution >= 0.6 is 0 Å². The fraction of sp³-hybridized carbons (Fsp3) is 1.00. The summed E-state index contributed by atoms with van der Waals surface area (Å²) in [5.41, 5.74) is 0.564. The lowest BCUT2D eigenvalue weighted by Gasteiger charge is -2.62. The van der Waals surface area contributed by atoms with Crippen LogP contribution in [-0.4, -0.2) is 56.0 Å². The predicted molar refractivity (Wildman–Crippen MR) is 184 cm³/mol. The monoisotopic (exact) mass is 655 g/mol. The molecule has 7 nitrogen and oxygen atoms in total. The summed E-state index contributed by atoms with van der Waals surface area (Å²) in [7, 11) is -4.45. The van der Waals surface area contributed by atoms with Crippen LogP contribution in [0.15, 0.2) is 0 Å². The van der Waals surface area contributed by atoms with Crippen molar-refractivity contribution in [3.8, 4) is 0 Å². The van der Waals surface area contributed by atoms with Gasteiger partial charge in [0.1, 0.15) is 0 Å². The van der Waals surface area contributed by atoms with Crippen LogP contribution in [0.25, 0.3) is 0 Å². The molecule has 4 saturated carbocycles. The highest BCUT2D eigenvalue weighted by Crippen LogP contribution is 2.68. The third-order valence-corrected chi connectivity index (χ3v) is 14.2. The standard InChI is InChI=1S/C37H70N2O5S/c1-7-8-9-10-11-21-38-22-12-23-39-29-17-19-36(5)28(24-29)25-33(40)35-31-15-14-30(37(31,6)20-18-32(35)36)27(4)13-16-34(26(2)3)44-45(41,42)43/h26-35,38-40H,7-25H2,1-6H3,(H,41,42,43)/t27-,28-,29+,30-,31?,32?,33-,34-,35?,36+,37-/m1/s1. The van der Waals surface area contributed by atoms with Crippen LogP contribution in [0.4, 0.5) is 0 Å². The van der Waals surface area contributed by atoms with Crippen molar-refractivity contribution in [2.75, 3.05) is 19.6 Å². The van der Waals surface area contributed by atoms with E-state index < -0.39 is 16.5 Å². The number of hydrogen-bond acceptors (Lipinski definition) is 6. The summed E-state index contributed by atoms with van der Waals surface area (Å²) >= 11 is 0. The first-order valence-electron chi connectivity index (χ1n) is 19.1. The first-order chi connectivity index (χ1) is 21.3. The molecule has 0 spiro atoms. The smallest absolute Gasteiger partial charge is 0.393 e. The van der Waals surface area contributed by atoms with Crippen LogP contribution in [0.2, 0.25) is 0 Å². The summed E-state index contributed by atoms with van der Waals surface area (Å²) < 4.78 is 37.2. The Morgan fingerprint density at radius 2 is 1.53 bits per heavy atom. The Morgan fingerprint density at radius 1 is 0.844 bits per heavy atom. The van der Waals surface area contributed by atoms with Crippen LogP contribution in [0, 0.1) is 52.3 Å². The molecule has 0 aromatic rings. The summed E-state index contributed by atoms with van der Waals surface area (Å²) in [4.78, 5) is 0.